The zero-order valence-electron chi connectivity index (χ0n) is 12.9. The second-order valence-corrected chi connectivity index (χ2v) is 5.63. The summed E-state index contributed by atoms with van der Waals surface area (Å²) < 4.78 is 1.94. The van der Waals surface area contributed by atoms with Gasteiger partial charge in [-0.05, 0) is 25.8 Å². The average Bonchev–Trinajstić information content (AvgIpc) is 2.83. The fourth-order valence-electron chi connectivity index (χ4n) is 2.69. The van der Waals surface area contributed by atoms with Gasteiger partial charge in [0.05, 0.1) is 5.92 Å². The number of rotatable bonds is 3. The molecule has 1 amide bonds. The van der Waals surface area contributed by atoms with Crippen molar-refractivity contribution < 1.29 is 4.79 Å². The molecule has 1 aliphatic heterocycles. The molecule has 2 unspecified atom stereocenters. The van der Waals surface area contributed by atoms with Crippen molar-refractivity contribution >= 4 is 30.7 Å². The van der Waals surface area contributed by atoms with E-state index in [-0.39, 0.29) is 42.7 Å². The molecule has 0 radical (unpaired) electrons. The molecule has 1 fully saturated rings. The monoisotopic (exact) mass is 336 g/mol. The number of piperidine rings is 1. The highest BCUT2D eigenvalue weighted by molar-refractivity contribution is 5.85. The van der Waals surface area contributed by atoms with Gasteiger partial charge in [0.25, 0.3) is 0 Å². The molecular formula is C14H26Cl2N4O. The van der Waals surface area contributed by atoms with Crippen LogP contribution in [0.3, 0.4) is 0 Å². The van der Waals surface area contributed by atoms with Crippen LogP contribution in [-0.2, 0) is 11.8 Å². The fraction of sp³-hybridized carbons (Fsp3) is 0.714. The standard InChI is InChI=1S/C14H24N4O.2ClH/c1-10(11(2)15)14(19)18-8-5-12(6-9-18)13-4-7-16-17(13)3;;/h4,7,10-12H,5-6,8-9,15H2,1-3H3;2*1H. The van der Waals surface area contributed by atoms with Gasteiger partial charge in [0.15, 0.2) is 0 Å². The van der Waals surface area contributed by atoms with Crippen LogP contribution in [-0.4, -0.2) is 39.7 Å². The van der Waals surface area contributed by atoms with Crippen LogP contribution in [0.2, 0.25) is 0 Å². The van der Waals surface area contributed by atoms with Crippen LogP contribution in [0, 0.1) is 5.92 Å². The maximum Gasteiger partial charge on any atom is 0.226 e. The molecule has 2 N–H and O–H groups in total. The van der Waals surface area contributed by atoms with Crippen molar-refractivity contribution in [2.24, 2.45) is 18.7 Å². The molecule has 5 nitrogen and oxygen atoms in total. The third-order valence-electron chi connectivity index (χ3n) is 4.26. The molecule has 2 heterocycles. The molecule has 21 heavy (non-hydrogen) atoms. The summed E-state index contributed by atoms with van der Waals surface area (Å²) in [6.07, 6.45) is 3.86. The Morgan fingerprint density at radius 2 is 1.90 bits per heavy atom. The lowest BCUT2D eigenvalue weighted by molar-refractivity contribution is -0.136. The zero-order valence-corrected chi connectivity index (χ0v) is 14.5. The number of nitrogens with two attached hydrogens (primary N) is 1. The van der Waals surface area contributed by atoms with Gasteiger partial charge in [-0.3, -0.25) is 9.48 Å². The maximum atomic E-state index is 12.2. The van der Waals surface area contributed by atoms with E-state index < -0.39 is 0 Å². The van der Waals surface area contributed by atoms with Crippen LogP contribution in [0.15, 0.2) is 12.3 Å². The fourth-order valence-corrected chi connectivity index (χ4v) is 2.69. The van der Waals surface area contributed by atoms with Crippen LogP contribution in [0.1, 0.15) is 38.3 Å². The third kappa shape index (κ3) is 4.59. The lowest BCUT2D eigenvalue weighted by Crippen LogP contribution is -2.45. The van der Waals surface area contributed by atoms with E-state index in [2.05, 4.69) is 11.2 Å². The summed E-state index contributed by atoms with van der Waals surface area (Å²) in [6.45, 7) is 5.46. The normalized spacial score (nSPS) is 18.4. The van der Waals surface area contributed by atoms with Crippen LogP contribution < -0.4 is 5.73 Å². The van der Waals surface area contributed by atoms with Crippen molar-refractivity contribution in [3.8, 4) is 0 Å². The Hall–Kier alpha value is -0.780. The SMILES string of the molecule is CC(N)C(C)C(=O)N1CCC(c2ccnn2C)CC1.Cl.Cl. The van der Waals surface area contributed by atoms with Gasteiger partial charge in [0, 0.05) is 44.0 Å². The first-order chi connectivity index (χ1) is 9.00. The van der Waals surface area contributed by atoms with E-state index in [1.54, 1.807) is 0 Å². The smallest absolute Gasteiger partial charge is 0.226 e. The largest absolute Gasteiger partial charge is 0.342 e. The summed E-state index contributed by atoms with van der Waals surface area (Å²) in [5.41, 5.74) is 7.08. The van der Waals surface area contributed by atoms with Crippen LogP contribution >= 0.6 is 24.8 Å². The van der Waals surface area contributed by atoms with Gasteiger partial charge in [0.2, 0.25) is 5.91 Å². The molecule has 0 aliphatic carbocycles. The highest BCUT2D eigenvalue weighted by atomic mass is 35.5. The number of carbonyl (C=O) groups excluding carboxylic acids is 1. The Bertz CT molecular complexity index is 442. The van der Waals surface area contributed by atoms with Crippen LogP contribution in [0.5, 0.6) is 0 Å². The van der Waals surface area contributed by atoms with Crippen molar-refractivity contribution in [2.45, 2.75) is 38.6 Å². The van der Waals surface area contributed by atoms with E-state index in [0.717, 1.165) is 25.9 Å². The van der Waals surface area contributed by atoms with Gasteiger partial charge in [-0.15, -0.1) is 24.8 Å². The molecule has 1 aromatic rings. The summed E-state index contributed by atoms with van der Waals surface area (Å²) in [5.74, 6) is 0.619. The Labute approximate surface area is 139 Å². The average molecular weight is 337 g/mol. The van der Waals surface area contributed by atoms with Gasteiger partial charge in [-0.1, -0.05) is 6.92 Å². The number of aromatic nitrogens is 2. The van der Waals surface area contributed by atoms with Gasteiger partial charge in [-0.2, -0.15) is 5.10 Å². The Kier molecular flexibility index (Phi) is 8.29. The van der Waals surface area contributed by atoms with Crippen molar-refractivity contribution in [3.05, 3.63) is 18.0 Å². The summed E-state index contributed by atoms with van der Waals surface area (Å²) in [4.78, 5) is 14.2. The molecule has 0 bridgehead atoms. The molecule has 0 spiro atoms. The second kappa shape index (κ2) is 8.61. The first kappa shape index (κ1) is 20.2. The molecule has 2 atom stereocenters. The molecule has 122 valence electrons. The summed E-state index contributed by atoms with van der Waals surface area (Å²) in [5, 5.41) is 4.22. The summed E-state index contributed by atoms with van der Waals surface area (Å²) in [6, 6.07) is 1.99. The molecule has 0 aromatic carbocycles. The molecule has 2 rings (SSSR count). The lowest BCUT2D eigenvalue weighted by atomic mass is 9.92. The number of hydrogen-bond donors (Lipinski definition) is 1. The minimum atomic E-state index is -0.0896. The Morgan fingerprint density at radius 3 is 2.33 bits per heavy atom. The van der Waals surface area contributed by atoms with E-state index >= 15 is 0 Å². The van der Waals surface area contributed by atoms with Crippen LogP contribution in [0.25, 0.3) is 0 Å². The Morgan fingerprint density at radius 1 is 1.33 bits per heavy atom. The minimum absolute atomic E-state index is 0. The van der Waals surface area contributed by atoms with Gasteiger partial charge < -0.3 is 10.6 Å². The lowest BCUT2D eigenvalue weighted by Gasteiger charge is -2.34. The van der Waals surface area contributed by atoms with Crippen molar-refractivity contribution in [1.82, 2.24) is 14.7 Å². The first-order valence-electron chi connectivity index (χ1n) is 7.03. The minimum Gasteiger partial charge on any atom is -0.342 e. The van der Waals surface area contributed by atoms with Gasteiger partial charge in [-0.25, -0.2) is 0 Å². The second-order valence-electron chi connectivity index (χ2n) is 5.63. The van der Waals surface area contributed by atoms with E-state index in [1.165, 1.54) is 5.69 Å². The molecule has 1 aliphatic rings. The number of nitrogens with zero attached hydrogens (tertiary/aromatic N) is 3. The van der Waals surface area contributed by atoms with E-state index in [1.807, 2.05) is 36.7 Å². The zero-order chi connectivity index (χ0) is 14.0. The van der Waals surface area contributed by atoms with E-state index in [9.17, 15) is 4.79 Å². The van der Waals surface area contributed by atoms with E-state index in [0.29, 0.717) is 5.92 Å². The number of likely N-dealkylation sites (tertiary alicyclic amines) is 1. The molecule has 7 heteroatoms. The molecular weight excluding hydrogens is 311 g/mol. The number of amides is 1. The predicted molar refractivity (Wildman–Crippen MR) is 89.1 cm³/mol. The summed E-state index contributed by atoms with van der Waals surface area (Å²) >= 11 is 0. The van der Waals surface area contributed by atoms with Gasteiger partial charge in [0.1, 0.15) is 0 Å². The van der Waals surface area contributed by atoms with E-state index in [4.69, 9.17) is 5.73 Å². The predicted octanol–water partition coefficient (Wildman–Crippen LogP) is 1.95. The van der Waals surface area contributed by atoms with Crippen molar-refractivity contribution in [3.63, 3.8) is 0 Å². The number of carbonyl (C=O) groups is 1. The number of hydrogen-bond acceptors (Lipinski definition) is 3. The molecule has 0 saturated carbocycles. The van der Waals surface area contributed by atoms with Crippen molar-refractivity contribution in [2.75, 3.05) is 13.1 Å². The quantitative estimate of drug-likeness (QED) is 0.917. The number of halogens is 2. The van der Waals surface area contributed by atoms with Gasteiger partial charge >= 0.3 is 0 Å². The highest BCUT2D eigenvalue weighted by Gasteiger charge is 2.28. The molecule has 1 saturated heterocycles. The molecule has 1 aromatic heterocycles. The topological polar surface area (TPSA) is 64.2 Å². The third-order valence-corrected chi connectivity index (χ3v) is 4.26. The highest BCUT2D eigenvalue weighted by Crippen LogP contribution is 2.28. The summed E-state index contributed by atoms with van der Waals surface area (Å²) in [7, 11) is 1.98. The first-order valence-corrected chi connectivity index (χ1v) is 7.03. The van der Waals surface area contributed by atoms with Crippen molar-refractivity contribution in [1.29, 1.82) is 0 Å². The Balaban J connectivity index is 0.00000200. The maximum absolute atomic E-state index is 12.2. The van der Waals surface area contributed by atoms with Crippen LogP contribution in [0.4, 0.5) is 0 Å². The number of aryl methyl sites for hydroxylation is 1.